The first-order valence-corrected chi connectivity index (χ1v) is 12.5. The molecule has 4 rings (SSSR count). The average Bonchev–Trinajstić information content (AvgIpc) is 2.81. The maximum atomic E-state index is 15.6. The summed E-state index contributed by atoms with van der Waals surface area (Å²) in [5, 5.41) is 12.0. The predicted octanol–water partition coefficient (Wildman–Crippen LogP) is 4.32. The van der Waals surface area contributed by atoms with E-state index in [2.05, 4.69) is 5.32 Å². The topological polar surface area (TPSA) is 90.3 Å². The van der Waals surface area contributed by atoms with Crippen molar-refractivity contribution < 1.29 is 22.0 Å². The molecule has 1 aliphatic rings. The predicted molar refractivity (Wildman–Crippen MR) is 124 cm³/mol. The molecule has 0 radical (unpaired) electrons. The molecule has 1 saturated heterocycles. The van der Waals surface area contributed by atoms with Crippen LogP contribution < -0.4 is 10.2 Å². The molecule has 3 aromatic rings. The first kappa shape index (κ1) is 23.4. The zero-order valence-corrected chi connectivity index (χ0v) is 19.1. The van der Waals surface area contributed by atoms with E-state index in [1.165, 1.54) is 35.2 Å². The highest BCUT2D eigenvalue weighted by Crippen LogP contribution is 2.36. The van der Waals surface area contributed by atoms with Gasteiger partial charge in [0.05, 0.1) is 16.1 Å². The molecule has 0 saturated carbocycles. The Morgan fingerprint density at radius 3 is 2.50 bits per heavy atom. The number of halogens is 2. The third-order valence-corrected chi connectivity index (χ3v) is 6.88. The third kappa shape index (κ3) is 4.50. The quantitative estimate of drug-likeness (QED) is 0.586. The van der Waals surface area contributed by atoms with Gasteiger partial charge in [-0.15, -0.1) is 0 Å². The number of sulfone groups is 1. The number of nitriles is 1. The minimum absolute atomic E-state index is 0.0538. The summed E-state index contributed by atoms with van der Waals surface area (Å²) in [6, 6.07) is 15.3. The Bertz CT molecular complexity index is 1420. The van der Waals surface area contributed by atoms with E-state index in [9.17, 15) is 22.9 Å². The van der Waals surface area contributed by atoms with Crippen LogP contribution in [0.3, 0.4) is 0 Å². The lowest BCUT2D eigenvalue weighted by atomic mass is 10.0. The SMILES string of the molecule is CS(=O)(=O)c1ccccc1-c1ccc(N(c2ccc(F)c(C#N)c2)C2CCCNC2=O)c(F)c1. The normalized spacial score (nSPS) is 15.9. The standard InChI is InChI=1S/C25H21F2N3O3S/c1-34(32,33)24-7-3-2-5-19(24)16-8-11-22(21(27)14-16)30(23-6-4-12-29-25(23)31)18-9-10-20(26)17(13-18)15-28/h2-3,5,7-11,13-14,23H,4,6,12H2,1H3,(H,29,31). The third-order valence-electron chi connectivity index (χ3n) is 5.72. The molecule has 1 atom stereocenters. The monoisotopic (exact) mass is 481 g/mol. The van der Waals surface area contributed by atoms with Gasteiger partial charge in [0.25, 0.3) is 0 Å². The molecule has 1 fully saturated rings. The van der Waals surface area contributed by atoms with Crippen molar-refractivity contribution in [2.75, 3.05) is 17.7 Å². The van der Waals surface area contributed by atoms with Crippen molar-refractivity contribution in [1.82, 2.24) is 5.32 Å². The first-order chi connectivity index (χ1) is 16.2. The van der Waals surface area contributed by atoms with Crippen molar-refractivity contribution >= 4 is 27.1 Å². The molecule has 1 heterocycles. The summed E-state index contributed by atoms with van der Waals surface area (Å²) in [4.78, 5) is 14.2. The van der Waals surface area contributed by atoms with E-state index < -0.39 is 27.5 Å². The first-order valence-electron chi connectivity index (χ1n) is 10.6. The molecule has 3 aromatic carbocycles. The number of piperidine rings is 1. The molecule has 0 spiro atoms. The minimum Gasteiger partial charge on any atom is -0.354 e. The largest absolute Gasteiger partial charge is 0.354 e. The molecule has 6 nitrogen and oxygen atoms in total. The molecule has 0 aliphatic carbocycles. The fraction of sp³-hybridized carbons (Fsp3) is 0.200. The Kier molecular flexibility index (Phi) is 6.35. The van der Waals surface area contributed by atoms with Gasteiger partial charge in [-0.1, -0.05) is 24.3 Å². The van der Waals surface area contributed by atoms with Gasteiger partial charge in [0.15, 0.2) is 9.84 Å². The summed E-state index contributed by atoms with van der Waals surface area (Å²) in [5.41, 5.74) is 0.831. The van der Waals surface area contributed by atoms with E-state index >= 15 is 4.39 Å². The van der Waals surface area contributed by atoms with Gasteiger partial charge in [0, 0.05) is 24.1 Å². The number of nitrogens with zero attached hydrogens (tertiary/aromatic N) is 2. The van der Waals surface area contributed by atoms with Crippen molar-refractivity contribution in [3.63, 3.8) is 0 Å². The molecular formula is C25H21F2N3O3S. The van der Waals surface area contributed by atoms with E-state index in [1.54, 1.807) is 30.3 Å². The number of carbonyl (C=O) groups is 1. The summed E-state index contributed by atoms with van der Waals surface area (Å²) in [5.74, 6) is -1.71. The van der Waals surface area contributed by atoms with E-state index in [0.717, 1.165) is 12.3 Å². The Morgan fingerprint density at radius 2 is 1.82 bits per heavy atom. The smallest absolute Gasteiger partial charge is 0.243 e. The zero-order valence-electron chi connectivity index (χ0n) is 18.3. The number of nitrogens with one attached hydrogen (secondary N) is 1. The summed E-state index contributed by atoms with van der Waals surface area (Å²) < 4.78 is 53.9. The van der Waals surface area contributed by atoms with Crippen molar-refractivity contribution in [2.45, 2.75) is 23.8 Å². The minimum atomic E-state index is -3.55. The number of rotatable bonds is 5. The van der Waals surface area contributed by atoms with E-state index in [-0.39, 0.29) is 22.1 Å². The van der Waals surface area contributed by atoms with Crippen LogP contribution in [0, 0.1) is 23.0 Å². The van der Waals surface area contributed by atoms with E-state index in [4.69, 9.17) is 0 Å². The highest BCUT2D eigenvalue weighted by Gasteiger charge is 2.32. The van der Waals surface area contributed by atoms with Gasteiger partial charge in [-0.05, 0) is 54.8 Å². The fourth-order valence-corrected chi connectivity index (χ4v) is 5.05. The van der Waals surface area contributed by atoms with Crippen LogP contribution in [0.4, 0.5) is 20.2 Å². The number of amides is 1. The van der Waals surface area contributed by atoms with Gasteiger partial charge in [-0.2, -0.15) is 5.26 Å². The van der Waals surface area contributed by atoms with Crippen molar-refractivity contribution in [3.8, 4) is 17.2 Å². The second-order valence-electron chi connectivity index (χ2n) is 8.03. The Hall–Kier alpha value is -3.77. The lowest BCUT2D eigenvalue weighted by molar-refractivity contribution is -0.123. The average molecular weight is 482 g/mol. The van der Waals surface area contributed by atoms with Gasteiger partial charge in [-0.3, -0.25) is 4.79 Å². The van der Waals surface area contributed by atoms with Crippen LogP contribution in [0.25, 0.3) is 11.1 Å². The van der Waals surface area contributed by atoms with Crippen molar-refractivity contribution in [3.05, 3.63) is 77.9 Å². The van der Waals surface area contributed by atoms with Gasteiger partial charge in [0.2, 0.25) is 5.91 Å². The van der Waals surface area contributed by atoms with Crippen molar-refractivity contribution in [2.24, 2.45) is 0 Å². The second-order valence-corrected chi connectivity index (χ2v) is 10.0. The molecule has 1 unspecified atom stereocenters. The lowest BCUT2D eigenvalue weighted by Crippen LogP contribution is -2.49. The summed E-state index contributed by atoms with van der Waals surface area (Å²) in [6.45, 7) is 0.500. The number of anilines is 2. The number of hydrogen-bond acceptors (Lipinski definition) is 5. The molecule has 1 aliphatic heterocycles. The van der Waals surface area contributed by atoms with E-state index in [1.807, 2.05) is 0 Å². The maximum absolute atomic E-state index is 15.6. The highest BCUT2D eigenvalue weighted by molar-refractivity contribution is 7.90. The van der Waals surface area contributed by atoms with Gasteiger partial charge in [0.1, 0.15) is 23.7 Å². The number of hydrogen-bond donors (Lipinski definition) is 1. The van der Waals surface area contributed by atoms with E-state index in [0.29, 0.717) is 36.2 Å². The molecular weight excluding hydrogens is 460 g/mol. The maximum Gasteiger partial charge on any atom is 0.243 e. The van der Waals surface area contributed by atoms with Crippen LogP contribution in [0.15, 0.2) is 65.6 Å². The second kappa shape index (κ2) is 9.23. The lowest BCUT2D eigenvalue weighted by Gasteiger charge is -2.35. The Labute approximate surface area is 196 Å². The van der Waals surface area contributed by atoms with Crippen LogP contribution in [0.1, 0.15) is 18.4 Å². The van der Waals surface area contributed by atoms with Crippen LogP contribution in [0.2, 0.25) is 0 Å². The number of benzene rings is 3. The molecule has 1 amide bonds. The Balaban J connectivity index is 1.85. The summed E-state index contributed by atoms with van der Waals surface area (Å²) in [7, 11) is -3.55. The van der Waals surface area contributed by atoms with Crippen molar-refractivity contribution in [1.29, 1.82) is 5.26 Å². The fourth-order valence-electron chi connectivity index (χ4n) is 4.14. The number of carbonyl (C=O) groups excluding carboxylic acids is 1. The molecule has 9 heteroatoms. The van der Waals surface area contributed by atoms with Crippen LogP contribution in [-0.4, -0.2) is 33.2 Å². The summed E-state index contributed by atoms with van der Waals surface area (Å²) in [6.07, 6.45) is 2.19. The molecule has 0 aromatic heterocycles. The van der Waals surface area contributed by atoms with Crippen LogP contribution >= 0.6 is 0 Å². The molecule has 174 valence electrons. The Morgan fingerprint density at radius 1 is 1.06 bits per heavy atom. The zero-order chi connectivity index (χ0) is 24.5. The van der Waals surface area contributed by atoms with Gasteiger partial charge < -0.3 is 10.2 Å². The molecule has 0 bridgehead atoms. The summed E-state index contributed by atoms with van der Waals surface area (Å²) >= 11 is 0. The molecule has 1 N–H and O–H groups in total. The molecule has 34 heavy (non-hydrogen) atoms. The van der Waals surface area contributed by atoms with Gasteiger partial charge in [-0.25, -0.2) is 17.2 Å². The van der Waals surface area contributed by atoms with Crippen LogP contribution in [0.5, 0.6) is 0 Å². The highest BCUT2D eigenvalue weighted by atomic mass is 32.2. The van der Waals surface area contributed by atoms with Gasteiger partial charge >= 0.3 is 0 Å². The van der Waals surface area contributed by atoms with Crippen LogP contribution in [-0.2, 0) is 14.6 Å².